The van der Waals surface area contributed by atoms with Gasteiger partial charge >= 0.3 is 6.03 Å². The molecule has 126 valence electrons. The first-order valence-electron chi connectivity index (χ1n) is 8.75. The highest BCUT2D eigenvalue weighted by Crippen LogP contribution is 2.22. The van der Waals surface area contributed by atoms with E-state index in [1.54, 1.807) is 18.2 Å². The molecule has 1 aromatic rings. The maximum Gasteiger partial charge on any atom is 0.321 e. The van der Waals surface area contributed by atoms with E-state index >= 15 is 0 Å². The van der Waals surface area contributed by atoms with E-state index in [-0.39, 0.29) is 17.5 Å². The van der Waals surface area contributed by atoms with Gasteiger partial charge in [-0.25, -0.2) is 9.18 Å². The van der Waals surface area contributed by atoms with Crippen LogP contribution in [0.4, 0.5) is 14.9 Å². The second-order valence-corrected chi connectivity index (χ2v) is 6.70. The molecule has 5 heteroatoms. The molecule has 2 heterocycles. The minimum absolute atomic E-state index is 0.183. The molecule has 1 unspecified atom stereocenters. The summed E-state index contributed by atoms with van der Waals surface area (Å²) in [6, 6.07) is 6.13. The van der Waals surface area contributed by atoms with Crippen molar-refractivity contribution in [2.45, 2.75) is 32.1 Å². The summed E-state index contributed by atoms with van der Waals surface area (Å²) in [6.45, 7) is 5.15. The van der Waals surface area contributed by atoms with Gasteiger partial charge in [0.05, 0.1) is 5.69 Å². The number of amides is 2. The smallest absolute Gasteiger partial charge is 0.321 e. The van der Waals surface area contributed by atoms with Crippen molar-refractivity contribution < 1.29 is 9.18 Å². The summed E-state index contributed by atoms with van der Waals surface area (Å²) >= 11 is 0. The first kappa shape index (κ1) is 16.2. The van der Waals surface area contributed by atoms with Gasteiger partial charge in [0.1, 0.15) is 5.82 Å². The first-order valence-corrected chi connectivity index (χ1v) is 8.75. The Morgan fingerprint density at radius 1 is 1.09 bits per heavy atom. The number of urea groups is 1. The zero-order valence-corrected chi connectivity index (χ0v) is 13.6. The van der Waals surface area contributed by atoms with Crippen LogP contribution >= 0.6 is 0 Å². The average Bonchev–Trinajstić information content (AvgIpc) is 2.94. The van der Waals surface area contributed by atoms with Crippen LogP contribution in [0.3, 0.4) is 0 Å². The predicted molar refractivity (Wildman–Crippen MR) is 90.0 cm³/mol. The van der Waals surface area contributed by atoms with Gasteiger partial charge < -0.3 is 15.1 Å². The van der Waals surface area contributed by atoms with Crippen LogP contribution in [-0.2, 0) is 0 Å². The van der Waals surface area contributed by atoms with Gasteiger partial charge in [-0.15, -0.1) is 0 Å². The molecule has 1 aromatic carbocycles. The lowest BCUT2D eigenvalue weighted by Crippen LogP contribution is -2.36. The lowest BCUT2D eigenvalue weighted by atomic mass is 10.0. The minimum Gasteiger partial charge on any atom is -0.325 e. The van der Waals surface area contributed by atoms with Crippen LogP contribution in [0.15, 0.2) is 24.3 Å². The highest BCUT2D eigenvalue weighted by Gasteiger charge is 2.23. The third kappa shape index (κ3) is 4.44. The number of anilines is 1. The van der Waals surface area contributed by atoms with E-state index in [0.29, 0.717) is 5.92 Å². The van der Waals surface area contributed by atoms with Crippen LogP contribution in [0.1, 0.15) is 32.1 Å². The molecule has 0 spiro atoms. The Bertz CT molecular complexity index is 531. The number of carbonyl (C=O) groups excluding carboxylic acids is 1. The number of para-hydroxylation sites is 1. The Morgan fingerprint density at radius 3 is 2.65 bits per heavy atom. The highest BCUT2D eigenvalue weighted by atomic mass is 19.1. The number of benzene rings is 1. The zero-order valence-electron chi connectivity index (χ0n) is 13.6. The van der Waals surface area contributed by atoms with Gasteiger partial charge in [0.2, 0.25) is 0 Å². The van der Waals surface area contributed by atoms with Crippen molar-refractivity contribution in [2.75, 3.05) is 38.0 Å². The third-order valence-electron chi connectivity index (χ3n) is 4.97. The Hall–Kier alpha value is -1.62. The lowest BCUT2D eigenvalue weighted by Gasteiger charge is -2.23. The van der Waals surface area contributed by atoms with Gasteiger partial charge in [-0.1, -0.05) is 12.1 Å². The molecule has 0 bridgehead atoms. The topological polar surface area (TPSA) is 35.6 Å². The van der Waals surface area contributed by atoms with Gasteiger partial charge in [0.25, 0.3) is 0 Å². The van der Waals surface area contributed by atoms with Crippen LogP contribution < -0.4 is 5.32 Å². The fraction of sp³-hybridized carbons (Fsp3) is 0.611. The van der Waals surface area contributed by atoms with Crippen LogP contribution in [-0.4, -0.2) is 48.6 Å². The van der Waals surface area contributed by atoms with E-state index in [1.165, 1.54) is 45.0 Å². The maximum absolute atomic E-state index is 13.6. The van der Waals surface area contributed by atoms with Gasteiger partial charge in [0, 0.05) is 19.6 Å². The summed E-state index contributed by atoms with van der Waals surface area (Å²) in [4.78, 5) is 16.7. The van der Waals surface area contributed by atoms with E-state index in [0.717, 1.165) is 25.9 Å². The maximum atomic E-state index is 13.6. The van der Waals surface area contributed by atoms with Crippen LogP contribution in [0.5, 0.6) is 0 Å². The molecule has 2 aliphatic rings. The molecular formula is C18H26FN3O. The number of halogens is 1. The Kier molecular flexibility index (Phi) is 5.49. The quantitative estimate of drug-likeness (QED) is 0.925. The van der Waals surface area contributed by atoms with Crippen molar-refractivity contribution in [1.29, 1.82) is 0 Å². The fourth-order valence-corrected chi connectivity index (χ4v) is 3.64. The SMILES string of the molecule is O=C(Nc1ccccc1F)N1CCCC(CN2CCCC2)CC1. The van der Waals surface area contributed by atoms with Crippen molar-refractivity contribution in [3.63, 3.8) is 0 Å². The van der Waals surface area contributed by atoms with Crippen molar-refractivity contribution >= 4 is 11.7 Å². The normalized spacial score (nSPS) is 22.8. The molecule has 0 radical (unpaired) electrons. The van der Waals surface area contributed by atoms with Gasteiger partial charge in [-0.2, -0.15) is 0 Å². The number of rotatable bonds is 3. The van der Waals surface area contributed by atoms with Crippen molar-refractivity contribution in [3.05, 3.63) is 30.1 Å². The molecule has 0 saturated carbocycles. The second kappa shape index (κ2) is 7.77. The predicted octanol–water partition coefficient (Wildman–Crippen LogP) is 3.56. The fourth-order valence-electron chi connectivity index (χ4n) is 3.64. The number of hydrogen-bond acceptors (Lipinski definition) is 2. The van der Waals surface area contributed by atoms with Gasteiger partial charge in [-0.3, -0.25) is 0 Å². The summed E-state index contributed by atoms with van der Waals surface area (Å²) in [5.41, 5.74) is 0.260. The first-order chi connectivity index (χ1) is 11.2. The summed E-state index contributed by atoms with van der Waals surface area (Å²) < 4.78 is 13.6. The summed E-state index contributed by atoms with van der Waals surface area (Å²) in [5.74, 6) is 0.293. The van der Waals surface area contributed by atoms with E-state index in [9.17, 15) is 9.18 Å². The zero-order chi connectivity index (χ0) is 16.1. The molecule has 1 N–H and O–H groups in total. The summed E-state index contributed by atoms with van der Waals surface area (Å²) in [7, 11) is 0. The Labute approximate surface area is 137 Å². The number of likely N-dealkylation sites (tertiary alicyclic amines) is 2. The molecule has 2 amide bonds. The number of nitrogens with one attached hydrogen (secondary N) is 1. The molecule has 0 aromatic heterocycles. The molecule has 2 aliphatic heterocycles. The minimum atomic E-state index is -0.386. The second-order valence-electron chi connectivity index (χ2n) is 6.70. The molecule has 4 nitrogen and oxygen atoms in total. The van der Waals surface area contributed by atoms with Crippen LogP contribution in [0, 0.1) is 11.7 Å². The van der Waals surface area contributed by atoms with Crippen LogP contribution in [0.2, 0.25) is 0 Å². The average molecular weight is 319 g/mol. The van der Waals surface area contributed by atoms with E-state index in [4.69, 9.17) is 0 Å². The van der Waals surface area contributed by atoms with Crippen molar-refractivity contribution in [3.8, 4) is 0 Å². The Morgan fingerprint density at radius 2 is 1.87 bits per heavy atom. The van der Waals surface area contributed by atoms with Crippen molar-refractivity contribution in [2.24, 2.45) is 5.92 Å². The largest absolute Gasteiger partial charge is 0.325 e. The summed E-state index contributed by atoms with van der Waals surface area (Å²) in [5, 5.41) is 2.70. The molecular weight excluding hydrogens is 293 g/mol. The standard InChI is InChI=1S/C18H26FN3O/c19-16-7-1-2-8-17(16)20-18(23)22-12-5-6-15(9-13-22)14-21-10-3-4-11-21/h1-2,7-8,15H,3-6,9-14H2,(H,20,23). The lowest BCUT2D eigenvalue weighted by molar-refractivity contribution is 0.211. The van der Waals surface area contributed by atoms with Crippen molar-refractivity contribution in [1.82, 2.24) is 9.80 Å². The molecule has 23 heavy (non-hydrogen) atoms. The number of carbonyl (C=O) groups is 1. The highest BCUT2D eigenvalue weighted by molar-refractivity contribution is 5.89. The van der Waals surface area contributed by atoms with E-state index in [1.807, 2.05) is 4.90 Å². The molecule has 2 fully saturated rings. The van der Waals surface area contributed by atoms with E-state index in [2.05, 4.69) is 10.2 Å². The number of nitrogens with zero attached hydrogens (tertiary/aromatic N) is 2. The molecule has 2 saturated heterocycles. The molecule has 1 atom stereocenters. The van der Waals surface area contributed by atoms with Gasteiger partial charge in [0.15, 0.2) is 0 Å². The summed E-state index contributed by atoms with van der Waals surface area (Å²) in [6.07, 6.45) is 5.90. The molecule has 3 rings (SSSR count). The Balaban J connectivity index is 1.50. The monoisotopic (exact) mass is 319 g/mol. The van der Waals surface area contributed by atoms with Gasteiger partial charge in [-0.05, 0) is 63.2 Å². The number of hydrogen-bond donors (Lipinski definition) is 1. The third-order valence-corrected chi connectivity index (χ3v) is 4.97. The molecule has 0 aliphatic carbocycles. The van der Waals surface area contributed by atoms with E-state index < -0.39 is 0 Å². The van der Waals surface area contributed by atoms with Crippen LogP contribution in [0.25, 0.3) is 0 Å².